The normalized spacial score (nSPS) is 10.2. The molecule has 5 nitrogen and oxygen atoms in total. The predicted molar refractivity (Wildman–Crippen MR) is 50.9 cm³/mol. The maximum Gasteiger partial charge on any atom is 0.146 e. The number of aromatic nitrogens is 1. The molecule has 1 aromatic heterocycles. The van der Waals surface area contributed by atoms with Crippen LogP contribution in [-0.4, -0.2) is 4.98 Å². The van der Waals surface area contributed by atoms with Gasteiger partial charge in [0.2, 0.25) is 0 Å². The van der Waals surface area contributed by atoms with E-state index in [0.717, 1.165) is 10.9 Å². The molecule has 66 valence electrons. The molecular weight excluding hydrogens is 166 g/mol. The minimum atomic E-state index is 0.540. The van der Waals surface area contributed by atoms with Gasteiger partial charge in [-0.3, -0.25) is 0 Å². The van der Waals surface area contributed by atoms with Gasteiger partial charge in [-0.05, 0) is 6.07 Å². The summed E-state index contributed by atoms with van der Waals surface area (Å²) in [5.74, 6) is 5.83. The Bertz CT molecular complexity index is 445. The zero-order valence-electron chi connectivity index (χ0n) is 6.83. The molecule has 0 saturated heterocycles. The van der Waals surface area contributed by atoms with Crippen molar-refractivity contribution in [3.8, 4) is 0 Å². The van der Waals surface area contributed by atoms with E-state index in [1.54, 1.807) is 0 Å². The van der Waals surface area contributed by atoms with Crippen molar-refractivity contribution in [1.82, 2.24) is 4.98 Å². The third-order valence-corrected chi connectivity index (χ3v) is 1.93. The maximum absolute atomic E-state index is 7.00. The average Bonchev–Trinajstić information content (AvgIpc) is 2.55. The van der Waals surface area contributed by atoms with Crippen LogP contribution in [0.25, 0.3) is 10.9 Å². The second-order valence-electron chi connectivity index (χ2n) is 2.65. The summed E-state index contributed by atoms with van der Waals surface area (Å²) >= 11 is 0. The Morgan fingerprint density at radius 1 is 1.38 bits per heavy atom. The summed E-state index contributed by atoms with van der Waals surface area (Å²) < 4.78 is 0. The quantitative estimate of drug-likeness (QED) is 0.320. The van der Waals surface area contributed by atoms with Gasteiger partial charge < -0.3 is 10.4 Å². The Balaban J connectivity index is 2.81. The Hall–Kier alpha value is -1.88. The molecule has 2 rings (SSSR count). The van der Waals surface area contributed by atoms with E-state index in [4.69, 9.17) is 11.4 Å². The molecule has 2 aromatic rings. The molecule has 5 N–H and O–H groups in total. The lowest BCUT2D eigenvalue weighted by molar-refractivity contribution is 1.14. The summed E-state index contributed by atoms with van der Waals surface area (Å²) in [6.07, 6.45) is 0. The van der Waals surface area contributed by atoms with Crippen molar-refractivity contribution in [1.29, 1.82) is 5.53 Å². The highest BCUT2D eigenvalue weighted by Crippen LogP contribution is 2.32. The lowest BCUT2D eigenvalue weighted by atomic mass is 10.2. The lowest BCUT2D eigenvalue weighted by Gasteiger charge is -1.93. The first-order valence-electron chi connectivity index (χ1n) is 3.81. The Kier molecular flexibility index (Phi) is 1.71. The Labute approximate surface area is 74.4 Å². The van der Waals surface area contributed by atoms with Crippen molar-refractivity contribution in [2.24, 2.45) is 11.0 Å². The van der Waals surface area contributed by atoms with Crippen molar-refractivity contribution in [2.75, 3.05) is 5.43 Å². The molecule has 0 aliphatic carbocycles. The van der Waals surface area contributed by atoms with Crippen LogP contribution in [0.1, 0.15) is 0 Å². The van der Waals surface area contributed by atoms with Crippen LogP contribution >= 0.6 is 0 Å². The standard InChI is InChI=1S/C8H9N5/c9-12-7-5-3-1-2-4-6(5)11-8(7)13-10/h1-4,9,11,13H,10H2. The Morgan fingerprint density at radius 2 is 2.15 bits per heavy atom. The topological polar surface area (TPSA) is 90.1 Å². The maximum atomic E-state index is 7.00. The SMILES string of the molecule is N=Nc1c(NN)[nH]c2ccccc12. The van der Waals surface area contributed by atoms with Gasteiger partial charge in [0.05, 0.1) is 0 Å². The van der Waals surface area contributed by atoms with Gasteiger partial charge in [-0.1, -0.05) is 18.2 Å². The lowest BCUT2D eigenvalue weighted by Crippen LogP contribution is -2.06. The third kappa shape index (κ3) is 1.06. The van der Waals surface area contributed by atoms with Gasteiger partial charge in [0, 0.05) is 10.9 Å². The van der Waals surface area contributed by atoms with Crippen LogP contribution in [0.2, 0.25) is 0 Å². The van der Waals surface area contributed by atoms with Crippen molar-refractivity contribution >= 4 is 22.4 Å². The van der Waals surface area contributed by atoms with Gasteiger partial charge >= 0.3 is 0 Å². The fourth-order valence-corrected chi connectivity index (χ4v) is 1.35. The van der Waals surface area contributed by atoms with Crippen molar-refractivity contribution in [3.05, 3.63) is 24.3 Å². The number of para-hydroxylation sites is 1. The first-order chi connectivity index (χ1) is 6.36. The molecule has 13 heavy (non-hydrogen) atoms. The zero-order valence-corrected chi connectivity index (χ0v) is 6.83. The second-order valence-corrected chi connectivity index (χ2v) is 2.65. The van der Waals surface area contributed by atoms with Crippen molar-refractivity contribution in [3.63, 3.8) is 0 Å². The third-order valence-electron chi connectivity index (χ3n) is 1.93. The molecule has 0 radical (unpaired) electrons. The summed E-state index contributed by atoms with van der Waals surface area (Å²) in [4.78, 5) is 3.01. The fraction of sp³-hybridized carbons (Fsp3) is 0. The molecule has 0 unspecified atom stereocenters. The summed E-state index contributed by atoms with van der Waals surface area (Å²) in [6.45, 7) is 0. The van der Waals surface area contributed by atoms with E-state index >= 15 is 0 Å². The van der Waals surface area contributed by atoms with E-state index in [2.05, 4.69) is 15.5 Å². The number of hydrogen-bond acceptors (Lipinski definition) is 4. The monoisotopic (exact) mass is 175 g/mol. The predicted octanol–water partition coefficient (Wildman–Crippen LogP) is 2.12. The number of nitrogen functional groups attached to an aromatic ring is 1. The van der Waals surface area contributed by atoms with Crippen LogP contribution in [0.4, 0.5) is 11.5 Å². The first-order valence-corrected chi connectivity index (χ1v) is 3.81. The fourth-order valence-electron chi connectivity index (χ4n) is 1.35. The van der Waals surface area contributed by atoms with E-state index in [9.17, 15) is 0 Å². The number of nitrogens with one attached hydrogen (secondary N) is 3. The number of H-pyrrole nitrogens is 1. The highest BCUT2D eigenvalue weighted by atomic mass is 15.3. The number of aromatic amines is 1. The van der Waals surface area contributed by atoms with Gasteiger partial charge in [0.15, 0.2) is 0 Å². The Morgan fingerprint density at radius 3 is 2.85 bits per heavy atom. The van der Waals surface area contributed by atoms with Gasteiger partial charge in [-0.25, -0.2) is 11.4 Å². The molecule has 5 heteroatoms. The number of anilines is 1. The van der Waals surface area contributed by atoms with Crippen molar-refractivity contribution < 1.29 is 0 Å². The van der Waals surface area contributed by atoms with Gasteiger partial charge in [-0.2, -0.15) is 5.11 Å². The van der Waals surface area contributed by atoms with E-state index in [1.807, 2.05) is 24.3 Å². The summed E-state index contributed by atoms with van der Waals surface area (Å²) in [7, 11) is 0. The molecule has 1 aromatic carbocycles. The van der Waals surface area contributed by atoms with E-state index in [-0.39, 0.29) is 0 Å². The van der Waals surface area contributed by atoms with Crippen LogP contribution in [0.3, 0.4) is 0 Å². The first kappa shape index (κ1) is 7.75. The number of nitrogens with zero attached hydrogens (tertiary/aromatic N) is 1. The van der Waals surface area contributed by atoms with Crippen LogP contribution in [0, 0.1) is 5.53 Å². The molecular formula is C8H9N5. The molecule has 0 spiro atoms. The molecule has 0 atom stereocenters. The number of rotatable bonds is 2. The largest absolute Gasteiger partial charge is 0.339 e. The number of fused-ring (bicyclic) bond motifs is 1. The summed E-state index contributed by atoms with van der Waals surface area (Å²) in [6, 6.07) is 7.60. The van der Waals surface area contributed by atoms with Gasteiger partial charge in [0.25, 0.3) is 0 Å². The van der Waals surface area contributed by atoms with E-state index < -0.39 is 0 Å². The van der Waals surface area contributed by atoms with Gasteiger partial charge in [0.1, 0.15) is 11.5 Å². The summed E-state index contributed by atoms with van der Waals surface area (Å²) in [5, 5.41) is 4.30. The molecule has 0 amide bonds. The van der Waals surface area contributed by atoms with Crippen LogP contribution in [-0.2, 0) is 0 Å². The zero-order chi connectivity index (χ0) is 9.26. The minimum Gasteiger partial charge on any atom is -0.339 e. The molecule has 0 saturated carbocycles. The smallest absolute Gasteiger partial charge is 0.146 e. The van der Waals surface area contributed by atoms with Crippen LogP contribution in [0.5, 0.6) is 0 Å². The number of nitrogens with two attached hydrogens (primary N) is 1. The van der Waals surface area contributed by atoms with Gasteiger partial charge in [-0.15, -0.1) is 0 Å². The van der Waals surface area contributed by atoms with E-state index in [1.165, 1.54) is 0 Å². The average molecular weight is 175 g/mol. The molecule has 0 aliphatic heterocycles. The number of hydrazine groups is 1. The van der Waals surface area contributed by atoms with Crippen molar-refractivity contribution in [2.45, 2.75) is 0 Å². The number of hydrogen-bond donors (Lipinski definition) is 4. The molecule has 0 aliphatic rings. The molecule has 0 fully saturated rings. The molecule has 0 bridgehead atoms. The second kappa shape index (κ2) is 2.87. The minimum absolute atomic E-state index is 0.540. The summed E-state index contributed by atoms with van der Waals surface area (Å²) in [5.41, 5.74) is 10.9. The molecule has 1 heterocycles. The van der Waals surface area contributed by atoms with Crippen LogP contribution < -0.4 is 11.3 Å². The van der Waals surface area contributed by atoms with Crippen LogP contribution in [0.15, 0.2) is 29.4 Å². The highest BCUT2D eigenvalue weighted by Gasteiger charge is 2.08. The number of benzene rings is 1. The van der Waals surface area contributed by atoms with E-state index in [0.29, 0.717) is 11.5 Å². The highest BCUT2D eigenvalue weighted by molar-refractivity contribution is 5.97.